The van der Waals surface area contributed by atoms with Crippen molar-refractivity contribution in [3.05, 3.63) is 61.7 Å². The van der Waals surface area contributed by atoms with Gasteiger partial charge in [-0.3, -0.25) is 0 Å². The van der Waals surface area contributed by atoms with Crippen LogP contribution in [0.3, 0.4) is 0 Å². The van der Waals surface area contributed by atoms with E-state index in [0.717, 1.165) is 22.3 Å². The summed E-state index contributed by atoms with van der Waals surface area (Å²) in [5.41, 5.74) is 0. The molecule has 0 atom stereocenters. The number of fused-ring (bicyclic) bond motifs is 1. The van der Waals surface area contributed by atoms with Crippen molar-refractivity contribution in [2.75, 3.05) is 13.2 Å². The minimum Gasteiger partial charge on any atom is -0.489 e. The normalized spacial score (nSPS) is 10.0. The Morgan fingerprint density at radius 2 is 1.67 bits per heavy atom. The molecule has 0 aliphatic carbocycles. The van der Waals surface area contributed by atoms with Gasteiger partial charge in [0.1, 0.15) is 24.7 Å². The number of ether oxygens (including phenoxy) is 2. The molecule has 0 aromatic heterocycles. The molecule has 0 radical (unpaired) electrons. The van der Waals surface area contributed by atoms with Crippen LogP contribution in [0.4, 0.5) is 0 Å². The molecule has 0 spiro atoms. The molecular formula is C16H16O2. The van der Waals surface area contributed by atoms with Gasteiger partial charge in [-0.1, -0.05) is 49.6 Å². The highest BCUT2D eigenvalue weighted by molar-refractivity contribution is 5.89. The van der Waals surface area contributed by atoms with Crippen molar-refractivity contribution < 1.29 is 9.47 Å². The average molecular weight is 240 g/mol. The van der Waals surface area contributed by atoms with Crippen LogP contribution in [0.1, 0.15) is 0 Å². The summed E-state index contributed by atoms with van der Waals surface area (Å²) in [5.74, 6) is 1.60. The molecular weight excluding hydrogens is 224 g/mol. The smallest absolute Gasteiger partial charge is 0.131 e. The first-order valence-electron chi connectivity index (χ1n) is 5.85. The van der Waals surface area contributed by atoms with Crippen molar-refractivity contribution >= 4 is 10.8 Å². The van der Waals surface area contributed by atoms with Crippen LogP contribution in [0.5, 0.6) is 11.5 Å². The van der Waals surface area contributed by atoms with Gasteiger partial charge in [0.15, 0.2) is 0 Å². The van der Waals surface area contributed by atoms with Gasteiger partial charge in [-0.25, -0.2) is 0 Å². The Morgan fingerprint density at radius 3 is 2.44 bits per heavy atom. The number of rotatable bonds is 6. The van der Waals surface area contributed by atoms with E-state index < -0.39 is 0 Å². The number of hydrogen-bond donors (Lipinski definition) is 0. The molecule has 0 saturated heterocycles. The lowest BCUT2D eigenvalue weighted by Gasteiger charge is -2.11. The van der Waals surface area contributed by atoms with Gasteiger partial charge >= 0.3 is 0 Å². The topological polar surface area (TPSA) is 18.5 Å². The third-order valence-corrected chi connectivity index (χ3v) is 2.52. The highest BCUT2D eigenvalue weighted by Gasteiger charge is 2.05. The molecule has 2 rings (SSSR count). The fraction of sp³-hybridized carbons (Fsp3) is 0.125. The van der Waals surface area contributed by atoms with E-state index in [2.05, 4.69) is 13.2 Å². The van der Waals surface area contributed by atoms with Gasteiger partial charge in [0.05, 0.1) is 0 Å². The maximum atomic E-state index is 5.67. The Hall–Kier alpha value is -2.22. The second-order valence-corrected chi connectivity index (χ2v) is 3.84. The number of benzene rings is 2. The van der Waals surface area contributed by atoms with E-state index in [9.17, 15) is 0 Å². The maximum Gasteiger partial charge on any atom is 0.131 e. The summed E-state index contributed by atoms with van der Waals surface area (Å²) < 4.78 is 11.2. The molecule has 0 fully saturated rings. The van der Waals surface area contributed by atoms with Crippen LogP contribution in [0, 0.1) is 0 Å². The Bertz CT molecular complexity index is 558. The fourth-order valence-corrected chi connectivity index (χ4v) is 1.76. The van der Waals surface area contributed by atoms with Crippen LogP contribution in [0.2, 0.25) is 0 Å². The van der Waals surface area contributed by atoms with E-state index in [1.54, 1.807) is 12.2 Å². The second kappa shape index (κ2) is 5.92. The van der Waals surface area contributed by atoms with E-state index in [1.807, 2.05) is 36.4 Å². The summed E-state index contributed by atoms with van der Waals surface area (Å²) in [4.78, 5) is 0. The van der Waals surface area contributed by atoms with Gasteiger partial charge in [0.25, 0.3) is 0 Å². The molecule has 0 N–H and O–H groups in total. The van der Waals surface area contributed by atoms with Crippen molar-refractivity contribution in [2.45, 2.75) is 0 Å². The first kappa shape index (κ1) is 12.2. The van der Waals surface area contributed by atoms with Crippen LogP contribution in [-0.4, -0.2) is 13.2 Å². The molecule has 0 unspecified atom stereocenters. The standard InChI is InChI=1S/C16H16O2/c1-3-9-17-14-11-13-7-5-6-8-15(13)16(12-14)18-10-4-2/h3-8,11-12H,1-2,9-10H2. The first-order chi connectivity index (χ1) is 8.85. The molecule has 0 bridgehead atoms. The van der Waals surface area contributed by atoms with E-state index in [1.165, 1.54) is 0 Å². The predicted molar refractivity (Wildman–Crippen MR) is 75.3 cm³/mol. The molecule has 2 heteroatoms. The second-order valence-electron chi connectivity index (χ2n) is 3.84. The zero-order chi connectivity index (χ0) is 12.8. The minimum atomic E-state index is 0.481. The Kier molecular flexibility index (Phi) is 4.02. The Balaban J connectivity index is 2.42. The van der Waals surface area contributed by atoms with Crippen LogP contribution in [0.25, 0.3) is 10.8 Å². The molecule has 0 aliphatic heterocycles. The maximum absolute atomic E-state index is 5.67. The van der Waals surface area contributed by atoms with Crippen molar-refractivity contribution in [1.82, 2.24) is 0 Å². The molecule has 0 amide bonds. The first-order valence-corrected chi connectivity index (χ1v) is 5.85. The highest BCUT2D eigenvalue weighted by atomic mass is 16.5. The molecule has 2 nitrogen and oxygen atoms in total. The van der Waals surface area contributed by atoms with Gasteiger partial charge in [0, 0.05) is 11.5 Å². The van der Waals surface area contributed by atoms with E-state index in [0.29, 0.717) is 13.2 Å². The number of hydrogen-bond acceptors (Lipinski definition) is 2. The highest BCUT2D eigenvalue weighted by Crippen LogP contribution is 2.31. The van der Waals surface area contributed by atoms with Crippen LogP contribution >= 0.6 is 0 Å². The summed E-state index contributed by atoms with van der Waals surface area (Å²) in [6, 6.07) is 12.0. The van der Waals surface area contributed by atoms with Crippen molar-refractivity contribution in [3.63, 3.8) is 0 Å². The van der Waals surface area contributed by atoms with Gasteiger partial charge in [-0.05, 0) is 11.5 Å². The largest absolute Gasteiger partial charge is 0.489 e. The summed E-state index contributed by atoms with van der Waals surface area (Å²) in [6.45, 7) is 8.27. The molecule has 2 aromatic rings. The summed E-state index contributed by atoms with van der Waals surface area (Å²) in [5, 5.41) is 2.17. The summed E-state index contributed by atoms with van der Waals surface area (Å²) >= 11 is 0. The third kappa shape index (κ3) is 2.72. The van der Waals surface area contributed by atoms with Crippen LogP contribution in [0.15, 0.2) is 61.7 Å². The minimum absolute atomic E-state index is 0.481. The lowest BCUT2D eigenvalue weighted by Crippen LogP contribution is -1.97. The van der Waals surface area contributed by atoms with Crippen molar-refractivity contribution in [2.24, 2.45) is 0 Å². The lowest BCUT2D eigenvalue weighted by atomic mass is 10.1. The van der Waals surface area contributed by atoms with Gasteiger partial charge < -0.3 is 9.47 Å². The molecule has 0 saturated carbocycles. The lowest BCUT2D eigenvalue weighted by molar-refractivity contribution is 0.348. The van der Waals surface area contributed by atoms with Crippen molar-refractivity contribution in [1.29, 1.82) is 0 Å². The van der Waals surface area contributed by atoms with Gasteiger partial charge in [-0.15, -0.1) is 0 Å². The SMILES string of the molecule is C=CCOc1cc(OCC=C)c2ccccc2c1. The van der Waals surface area contributed by atoms with Crippen molar-refractivity contribution in [3.8, 4) is 11.5 Å². The average Bonchev–Trinajstić information content (AvgIpc) is 2.42. The Morgan fingerprint density at radius 1 is 0.944 bits per heavy atom. The summed E-state index contributed by atoms with van der Waals surface area (Å²) in [7, 11) is 0. The molecule has 0 heterocycles. The van der Waals surface area contributed by atoms with E-state index in [-0.39, 0.29) is 0 Å². The predicted octanol–water partition coefficient (Wildman–Crippen LogP) is 3.97. The van der Waals surface area contributed by atoms with Gasteiger partial charge in [0.2, 0.25) is 0 Å². The van der Waals surface area contributed by atoms with E-state index in [4.69, 9.17) is 9.47 Å². The van der Waals surface area contributed by atoms with Crippen LogP contribution in [-0.2, 0) is 0 Å². The summed E-state index contributed by atoms with van der Waals surface area (Å²) in [6.07, 6.45) is 3.45. The quantitative estimate of drug-likeness (QED) is 0.711. The zero-order valence-electron chi connectivity index (χ0n) is 10.3. The van der Waals surface area contributed by atoms with Gasteiger partial charge in [-0.2, -0.15) is 0 Å². The van der Waals surface area contributed by atoms with Crippen LogP contribution < -0.4 is 9.47 Å². The molecule has 2 aromatic carbocycles. The molecule has 0 aliphatic rings. The zero-order valence-corrected chi connectivity index (χ0v) is 10.3. The fourth-order valence-electron chi connectivity index (χ4n) is 1.76. The molecule has 92 valence electrons. The third-order valence-electron chi connectivity index (χ3n) is 2.52. The molecule has 18 heavy (non-hydrogen) atoms. The van der Waals surface area contributed by atoms with E-state index >= 15 is 0 Å². The Labute approximate surface area is 107 Å². The monoisotopic (exact) mass is 240 g/mol.